The lowest BCUT2D eigenvalue weighted by molar-refractivity contribution is 0.0385. The van der Waals surface area contributed by atoms with Gasteiger partial charge in [0.15, 0.2) is 0 Å². The summed E-state index contributed by atoms with van der Waals surface area (Å²) in [5, 5.41) is 8.55. The molecule has 0 atom stereocenters. The fraction of sp³-hybridized carbons (Fsp3) is 0.182. The quantitative estimate of drug-likeness (QED) is 0.661. The highest BCUT2D eigenvalue weighted by Gasteiger charge is 2.32. The molecular weight excluding hydrogens is 184 g/mol. The van der Waals surface area contributed by atoms with E-state index in [2.05, 4.69) is 6.58 Å². The number of benzene rings is 1. The molecule has 1 aromatic carbocycles. The molecule has 0 saturated carbocycles. The fourth-order valence-corrected chi connectivity index (χ4v) is 1.03. The monoisotopic (exact) mass is 193 g/mol. The number of allylic oxidation sites excluding steroid dienone is 1. The van der Waals surface area contributed by atoms with Crippen molar-refractivity contribution in [2.24, 2.45) is 0 Å². The Hall–Kier alpha value is -1.69. The van der Waals surface area contributed by atoms with Crippen molar-refractivity contribution in [3.8, 4) is 6.07 Å². The van der Waals surface area contributed by atoms with Crippen molar-refractivity contribution < 1.29 is 8.78 Å². The van der Waals surface area contributed by atoms with Crippen LogP contribution in [0.1, 0.15) is 18.1 Å². The third-order valence-corrected chi connectivity index (χ3v) is 1.89. The molecular formula is C11H9F2N. The van der Waals surface area contributed by atoms with E-state index in [1.807, 2.05) is 6.07 Å². The maximum atomic E-state index is 13.4. The van der Waals surface area contributed by atoms with Crippen LogP contribution in [0.15, 0.2) is 36.4 Å². The molecule has 0 aliphatic rings. The second-order valence-electron chi connectivity index (χ2n) is 3.05. The molecule has 0 radical (unpaired) electrons. The molecule has 1 rings (SSSR count). The predicted octanol–water partition coefficient (Wildman–Crippen LogP) is 3.23. The molecule has 1 aromatic rings. The summed E-state index contributed by atoms with van der Waals surface area (Å²) < 4.78 is 26.8. The van der Waals surface area contributed by atoms with Gasteiger partial charge in [0.25, 0.3) is 5.92 Å². The van der Waals surface area contributed by atoms with Gasteiger partial charge in [0, 0.05) is 5.56 Å². The second-order valence-corrected chi connectivity index (χ2v) is 3.05. The van der Waals surface area contributed by atoms with Gasteiger partial charge in [-0.2, -0.15) is 14.0 Å². The Morgan fingerprint density at radius 2 is 2.14 bits per heavy atom. The van der Waals surface area contributed by atoms with E-state index in [4.69, 9.17) is 5.26 Å². The van der Waals surface area contributed by atoms with Crippen molar-refractivity contribution in [3.63, 3.8) is 0 Å². The van der Waals surface area contributed by atoms with E-state index >= 15 is 0 Å². The third kappa shape index (κ3) is 1.80. The minimum absolute atomic E-state index is 0.191. The number of halogens is 2. The highest BCUT2D eigenvalue weighted by atomic mass is 19.3. The van der Waals surface area contributed by atoms with E-state index in [0.29, 0.717) is 0 Å². The van der Waals surface area contributed by atoms with Crippen molar-refractivity contribution >= 4 is 0 Å². The Balaban J connectivity index is 3.21. The Morgan fingerprint density at radius 1 is 1.50 bits per heavy atom. The van der Waals surface area contributed by atoms with Crippen molar-refractivity contribution in [1.82, 2.24) is 0 Å². The van der Waals surface area contributed by atoms with Crippen LogP contribution >= 0.6 is 0 Å². The Bertz CT molecular complexity index is 402. The molecule has 0 heterocycles. The topological polar surface area (TPSA) is 23.8 Å². The molecule has 14 heavy (non-hydrogen) atoms. The normalized spacial score (nSPS) is 10.7. The first-order valence-electron chi connectivity index (χ1n) is 4.03. The Morgan fingerprint density at radius 3 is 2.64 bits per heavy atom. The van der Waals surface area contributed by atoms with Crippen LogP contribution in [0.25, 0.3) is 0 Å². The maximum absolute atomic E-state index is 13.4. The Kier molecular flexibility index (Phi) is 2.66. The molecule has 3 heteroatoms. The first-order chi connectivity index (χ1) is 6.48. The highest BCUT2D eigenvalue weighted by molar-refractivity contribution is 5.37. The van der Waals surface area contributed by atoms with E-state index < -0.39 is 5.92 Å². The summed E-state index contributed by atoms with van der Waals surface area (Å²) in [7, 11) is 0. The number of alkyl halides is 2. The van der Waals surface area contributed by atoms with Gasteiger partial charge in [0.2, 0.25) is 0 Å². The van der Waals surface area contributed by atoms with Crippen LogP contribution in [-0.2, 0) is 5.92 Å². The van der Waals surface area contributed by atoms with Crippen LogP contribution in [-0.4, -0.2) is 0 Å². The van der Waals surface area contributed by atoms with E-state index in [0.717, 1.165) is 0 Å². The molecule has 0 aliphatic carbocycles. The number of nitrogens with zero attached hydrogens (tertiary/aromatic N) is 1. The fourth-order valence-electron chi connectivity index (χ4n) is 1.03. The number of hydrogen-bond acceptors (Lipinski definition) is 1. The first-order valence-corrected chi connectivity index (χ1v) is 4.03. The first kappa shape index (κ1) is 10.4. The molecule has 0 saturated heterocycles. The van der Waals surface area contributed by atoms with Gasteiger partial charge in [-0.1, -0.05) is 18.7 Å². The molecule has 1 nitrogen and oxygen atoms in total. The zero-order chi connectivity index (χ0) is 10.8. The van der Waals surface area contributed by atoms with Gasteiger partial charge in [0.1, 0.15) is 0 Å². The minimum atomic E-state index is -3.06. The van der Waals surface area contributed by atoms with Gasteiger partial charge in [-0.05, 0) is 24.6 Å². The zero-order valence-corrected chi connectivity index (χ0v) is 7.72. The van der Waals surface area contributed by atoms with E-state index in [-0.39, 0.29) is 16.7 Å². The van der Waals surface area contributed by atoms with E-state index in [1.54, 1.807) is 0 Å². The summed E-state index contributed by atoms with van der Waals surface area (Å²) >= 11 is 0. The largest absolute Gasteiger partial charge is 0.294 e. The van der Waals surface area contributed by atoms with Crippen molar-refractivity contribution in [3.05, 3.63) is 47.5 Å². The molecule has 0 aromatic heterocycles. The molecule has 0 amide bonds. The molecule has 0 spiro atoms. The van der Waals surface area contributed by atoms with Crippen LogP contribution in [0.2, 0.25) is 0 Å². The summed E-state index contributed by atoms with van der Waals surface area (Å²) in [6.45, 7) is 4.49. The highest BCUT2D eigenvalue weighted by Crippen LogP contribution is 2.34. The van der Waals surface area contributed by atoms with E-state index in [9.17, 15) is 8.78 Å². The van der Waals surface area contributed by atoms with Gasteiger partial charge >= 0.3 is 0 Å². The van der Waals surface area contributed by atoms with Gasteiger partial charge in [-0.25, -0.2) is 0 Å². The van der Waals surface area contributed by atoms with Crippen LogP contribution < -0.4 is 0 Å². The lowest BCUT2D eigenvalue weighted by Crippen LogP contribution is -2.14. The lowest BCUT2D eigenvalue weighted by Gasteiger charge is -2.16. The molecule has 72 valence electrons. The van der Waals surface area contributed by atoms with Gasteiger partial charge < -0.3 is 0 Å². The molecule has 0 N–H and O–H groups in total. The molecule has 0 unspecified atom stereocenters. The summed E-state index contributed by atoms with van der Waals surface area (Å²) in [5.74, 6) is -3.06. The minimum Gasteiger partial charge on any atom is -0.196 e. The Labute approximate surface area is 81.3 Å². The van der Waals surface area contributed by atoms with Gasteiger partial charge in [-0.3, -0.25) is 0 Å². The summed E-state index contributed by atoms with van der Waals surface area (Å²) in [4.78, 5) is 0. The van der Waals surface area contributed by atoms with Crippen molar-refractivity contribution in [2.75, 3.05) is 0 Å². The summed E-state index contributed by atoms with van der Waals surface area (Å²) in [6.07, 6.45) is 0. The standard InChI is InChI=1S/C11H9F2N/c1-8(2)11(12,13)10-5-3-4-9(6-10)7-14/h3-6H,1H2,2H3. The second kappa shape index (κ2) is 3.59. The van der Waals surface area contributed by atoms with Gasteiger partial charge in [-0.15, -0.1) is 0 Å². The van der Waals surface area contributed by atoms with Crippen LogP contribution in [0.3, 0.4) is 0 Å². The summed E-state index contributed by atoms with van der Waals surface area (Å²) in [5.41, 5.74) is -0.194. The molecule has 0 bridgehead atoms. The van der Waals surface area contributed by atoms with Crippen LogP contribution in [0, 0.1) is 11.3 Å². The number of rotatable bonds is 2. The lowest BCUT2D eigenvalue weighted by atomic mass is 10.0. The third-order valence-electron chi connectivity index (χ3n) is 1.89. The van der Waals surface area contributed by atoms with Crippen LogP contribution in [0.4, 0.5) is 8.78 Å². The van der Waals surface area contributed by atoms with Gasteiger partial charge in [0.05, 0.1) is 11.6 Å². The van der Waals surface area contributed by atoms with E-state index in [1.165, 1.54) is 31.2 Å². The molecule has 0 fully saturated rings. The maximum Gasteiger partial charge on any atom is 0.294 e. The summed E-state index contributed by atoms with van der Waals surface area (Å²) in [6, 6.07) is 7.20. The average Bonchev–Trinajstić information content (AvgIpc) is 2.17. The van der Waals surface area contributed by atoms with Crippen molar-refractivity contribution in [1.29, 1.82) is 5.26 Å². The molecule has 0 aliphatic heterocycles. The smallest absolute Gasteiger partial charge is 0.196 e. The predicted molar refractivity (Wildman–Crippen MR) is 49.9 cm³/mol. The number of hydrogen-bond donors (Lipinski definition) is 0. The number of nitriles is 1. The average molecular weight is 193 g/mol. The van der Waals surface area contributed by atoms with Crippen molar-refractivity contribution in [2.45, 2.75) is 12.8 Å². The zero-order valence-electron chi connectivity index (χ0n) is 7.72. The van der Waals surface area contributed by atoms with Crippen LogP contribution in [0.5, 0.6) is 0 Å². The SMILES string of the molecule is C=C(C)C(F)(F)c1cccc(C#N)c1.